The third-order valence-corrected chi connectivity index (χ3v) is 3.88. The Bertz CT molecular complexity index is 217. The van der Waals surface area contributed by atoms with Crippen LogP contribution in [0.3, 0.4) is 0 Å². The van der Waals surface area contributed by atoms with Crippen LogP contribution < -0.4 is 0 Å². The highest BCUT2D eigenvalue weighted by Gasteiger charge is 2.46. The Morgan fingerprint density at radius 3 is 2.27 bits per heavy atom. The van der Waals surface area contributed by atoms with Crippen LogP contribution in [0.2, 0.25) is 0 Å². The molecule has 1 saturated heterocycles. The van der Waals surface area contributed by atoms with E-state index in [1.165, 1.54) is 7.11 Å². The molecule has 1 aliphatic rings. The van der Waals surface area contributed by atoms with Gasteiger partial charge < -0.3 is 18.5 Å². The molecule has 1 fully saturated rings. The molecule has 88 valence electrons. The van der Waals surface area contributed by atoms with Gasteiger partial charge in [0.05, 0.1) is 6.10 Å². The summed E-state index contributed by atoms with van der Waals surface area (Å²) < 4.78 is 32.1. The topological polar surface area (TPSA) is 54.0 Å². The van der Waals surface area contributed by atoms with E-state index in [0.29, 0.717) is 0 Å². The van der Waals surface area contributed by atoms with Crippen molar-refractivity contribution in [2.75, 3.05) is 7.11 Å². The minimum atomic E-state index is -0.527. The second-order valence-electron chi connectivity index (χ2n) is 3.24. The van der Waals surface area contributed by atoms with E-state index >= 15 is 0 Å². The summed E-state index contributed by atoms with van der Waals surface area (Å²) in [5.41, 5.74) is -0.311. The first kappa shape index (κ1) is 13.9. The summed E-state index contributed by atoms with van der Waals surface area (Å²) in [7, 11) is 5.78. The second-order valence-corrected chi connectivity index (χ2v) is 4.59. The van der Waals surface area contributed by atoms with Gasteiger partial charge in [-0.05, 0) is 6.92 Å². The van der Waals surface area contributed by atoms with Crippen molar-refractivity contribution in [3.63, 3.8) is 0 Å². The van der Waals surface area contributed by atoms with Crippen LogP contribution >= 0.6 is 27.4 Å². The molecule has 0 N–H and O–H groups in total. The minimum absolute atomic E-state index is 0.0416. The van der Waals surface area contributed by atoms with Gasteiger partial charge in [-0.2, -0.15) is 0 Å². The zero-order valence-electron chi connectivity index (χ0n) is 8.53. The lowest BCUT2D eigenvalue weighted by Crippen LogP contribution is -2.55. The van der Waals surface area contributed by atoms with Gasteiger partial charge in [0.15, 0.2) is 14.8 Å². The van der Waals surface area contributed by atoms with Crippen LogP contribution in [0.25, 0.3) is 0 Å². The molecule has 0 aliphatic carbocycles. The van der Waals surface area contributed by atoms with Gasteiger partial charge in [-0.3, -0.25) is 4.57 Å². The number of rotatable bonds is 4. The first-order valence-electron chi connectivity index (χ1n) is 4.41. The Morgan fingerprint density at radius 1 is 1.27 bits per heavy atom. The summed E-state index contributed by atoms with van der Waals surface area (Å²) in [6, 6.07) is 0. The molecule has 5 nitrogen and oxygen atoms in total. The highest BCUT2D eigenvalue weighted by molar-refractivity contribution is 7.25. The summed E-state index contributed by atoms with van der Waals surface area (Å²) in [6.45, 7) is 1.85. The largest absolute Gasteiger partial charge is 0.359 e. The third-order valence-electron chi connectivity index (χ3n) is 2.42. The number of methoxy groups -OCH3 is 1. The van der Waals surface area contributed by atoms with Crippen molar-refractivity contribution in [2.45, 2.75) is 37.2 Å². The summed E-state index contributed by atoms with van der Waals surface area (Å²) >= 11 is 0. The maximum absolute atomic E-state index is 11.1. The van der Waals surface area contributed by atoms with E-state index in [1.54, 1.807) is 0 Å². The SMILES string of the molecule is COC1OC(C)C(OP)C(P=O)C1OP. The molecule has 7 atom stereocenters. The monoisotopic (exact) mass is 272 g/mol. The lowest BCUT2D eigenvalue weighted by Gasteiger charge is -2.40. The van der Waals surface area contributed by atoms with Crippen molar-refractivity contribution < 1.29 is 23.1 Å². The molecule has 7 unspecified atom stereocenters. The van der Waals surface area contributed by atoms with Gasteiger partial charge in [0.25, 0.3) is 0 Å². The van der Waals surface area contributed by atoms with E-state index in [9.17, 15) is 4.57 Å². The third kappa shape index (κ3) is 2.92. The van der Waals surface area contributed by atoms with Gasteiger partial charge in [0.2, 0.25) is 0 Å². The Hall–Kier alpha value is 0.800. The average Bonchev–Trinajstić information content (AvgIpc) is 2.27. The highest BCUT2D eigenvalue weighted by atomic mass is 31.1. The quantitative estimate of drug-likeness (QED) is 0.724. The summed E-state index contributed by atoms with van der Waals surface area (Å²) in [4.78, 5) is 0. The fraction of sp³-hybridized carbons (Fsp3) is 1.00. The lowest BCUT2D eigenvalue weighted by molar-refractivity contribution is -0.236. The molecular formula is C7H15O5P3. The predicted octanol–water partition coefficient (Wildman–Crippen LogP) is 1.39. The van der Waals surface area contributed by atoms with Crippen LogP contribution in [-0.2, 0) is 23.1 Å². The minimum Gasteiger partial charge on any atom is -0.359 e. The van der Waals surface area contributed by atoms with Crippen molar-refractivity contribution in [2.24, 2.45) is 0 Å². The van der Waals surface area contributed by atoms with E-state index in [2.05, 4.69) is 18.9 Å². The zero-order chi connectivity index (χ0) is 11.4. The molecule has 0 spiro atoms. The molecule has 1 aliphatic heterocycles. The van der Waals surface area contributed by atoms with Gasteiger partial charge in [-0.25, -0.2) is 0 Å². The molecule has 0 aromatic heterocycles. The standard InChI is InChI=1S/C7H15O5P3/c1-3-4(11-13)6(15-8)5(12-14)7(9-2)10-3/h3-7H,13-14H2,1-2H3. The normalized spacial score (nSPS) is 42.0. The molecule has 1 rings (SSSR count). The lowest BCUT2D eigenvalue weighted by atomic mass is 10.0. The number of hydrogen-bond acceptors (Lipinski definition) is 5. The van der Waals surface area contributed by atoms with Crippen LogP contribution in [0.4, 0.5) is 0 Å². The van der Waals surface area contributed by atoms with Crippen LogP contribution in [0.1, 0.15) is 6.92 Å². The van der Waals surface area contributed by atoms with E-state index in [0.717, 1.165) is 0 Å². The highest BCUT2D eigenvalue weighted by Crippen LogP contribution is 2.34. The first-order chi connectivity index (χ1) is 7.19. The number of hydrogen-bond donors (Lipinski definition) is 0. The fourth-order valence-electron chi connectivity index (χ4n) is 1.64. The van der Waals surface area contributed by atoms with Gasteiger partial charge in [-0.15, -0.1) is 0 Å². The summed E-state index contributed by atoms with van der Waals surface area (Å²) in [5, 5.41) is 0. The molecule has 0 radical (unpaired) electrons. The van der Waals surface area contributed by atoms with Crippen molar-refractivity contribution in [1.82, 2.24) is 0 Å². The predicted molar refractivity (Wildman–Crippen MR) is 61.9 cm³/mol. The maximum Gasteiger partial charge on any atom is 0.185 e. The Labute approximate surface area is 95.3 Å². The van der Waals surface area contributed by atoms with Gasteiger partial charge in [0, 0.05) is 26.0 Å². The van der Waals surface area contributed by atoms with Crippen molar-refractivity contribution >= 4 is 27.4 Å². The summed E-state index contributed by atoms with van der Waals surface area (Å²) in [5.74, 6) is 0. The van der Waals surface area contributed by atoms with E-state index in [4.69, 9.17) is 18.5 Å². The molecule has 0 aromatic carbocycles. The van der Waals surface area contributed by atoms with Crippen LogP contribution in [0.15, 0.2) is 0 Å². The maximum atomic E-state index is 11.1. The molecule has 0 saturated carbocycles. The van der Waals surface area contributed by atoms with Crippen LogP contribution in [0.5, 0.6) is 0 Å². The van der Waals surface area contributed by atoms with Crippen LogP contribution in [-0.4, -0.2) is 37.4 Å². The smallest absolute Gasteiger partial charge is 0.185 e. The van der Waals surface area contributed by atoms with Gasteiger partial charge in [0.1, 0.15) is 17.9 Å². The van der Waals surface area contributed by atoms with Crippen molar-refractivity contribution in [3.8, 4) is 0 Å². The van der Waals surface area contributed by atoms with E-state index in [-0.39, 0.29) is 26.3 Å². The van der Waals surface area contributed by atoms with E-state index in [1.807, 2.05) is 6.92 Å². The van der Waals surface area contributed by atoms with Gasteiger partial charge >= 0.3 is 0 Å². The Morgan fingerprint density at radius 2 is 1.87 bits per heavy atom. The Kier molecular flexibility index (Phi) is 6.02. The van der Waals surface area contributed by atoms with E-state index < -0.39 is 12.4 Å². The van der Waals surface area contributed by atoms with Crippen LogP contribution in [0, 0.1) is 0 Å². The summed E-state index contributed by atoms with van der Waals surface area (Å²) in [6.07, 6.45) is -1.46. The molecule has 8 heteroatoms. The number of ether oxygens (including phenoxy) is 2. The Balaban J connectivity index is 2.85. The van der Waals surface area contributed by atoms with Crippen molar-refractivity contribution in [1.29, 1.82) is 0 Å². The molecule has 0 amide bonds. The first-order valence-corrected chi connectivity index (χ1v) is 6.23. The molecule has 1 heterocycles. The molecule has 15 heavy (non-hydrogen) atoms. The average molecular weight is 272 g/mol. The fourth-order valence-corrected chi connectivity index (χ4v) is 3.35. The molecule has 0 aromatic rings. The van der Waals surface area contributed by atoms with Crippen molar-refractivity contribution in [3.05, 3.63) is 0 Å². The molecular weight excluding hydrogens is 257 g/mol. The second kappa shape index (κ2) is 6.51. The van der Waals surface area contributed by atoms with Gasteiger partial charge in [-0.1, -0.05) is 0 Å². The molecule has 0 bridgehead atoms. The zero-order valence-corrected chi connectivity index (χ0v) is 11.7.